The molecular formula is C13H12N2O2. The molecule has 0 spiro atoms. The van der Waals surface area contributed by atoms with Crippen LogP contribution in [-0.4, -0.2) is 17.1 Å². The van der Waals surface area contributed by atoms with Gasteiger partial charge in [0, 0.05) is 11.8 Å². The number of H-pyrrole nitrogens is 1. The number of fused-ring (bicyclic) bond motifs is 3. The summed E-state index contributed by atoms with van der Waals surface area (Å²) in [4.78, 5) is 17.9. The van der Waals surface area contributed by atoms with Gasteiger partial charge in [-0.2, -0.15) is 0 Å². The van der Waals surface area contributed by atoms with Gasteiger partial charge in [-0.25, -0.2) is 9.78 Å². The lowest BCUT2D eigenvalue weighted by atomic mass is 9.90. The number of aromatic amines is 1. The van der Waals surface area contributed by atoms with Gasteiger partial charge in [0.25, 0.3) is 0 Å². The summed E-state index contributed by atoms with van der Waals surface area (Å²) in [6.45, 7) is 0. The van der Waals surface area contributed by atoms with E-state index in [1.54, 1.807) is 13.3 Å². The minimum absolute atomic E-state index is 0.299. The van der Waals surface area contributed by atoms with E-state index >= 15 is 0 Å². The number of hydrogen-bond acceptors (Lipinski definition) is 3. The van der Waals surface area contributed by atoms with E-state index in [4.69, 9.17) is 4.74 Å². The average molecular weight is 228 g/mol. The Bertz CT molecular complexity index is 632. The Morgan fingerprint density at radius 2 is 2.12 bits per heavy atom. The lowest BCUT2D eigenvalue weighted by molar-refractivity contribution is 0.414. The van der Waals surface area contributed by atoms with Gasteiger partial charge >= 0.3 is 5.69 Å². The summed E-state index contributed by atoms with van der Waals surface area (Å²) in [5, 5.41) is 0. The summed E-state index contributed by atoms with van der Waals surface area (Å²) in [6.07, 6.45) is 3.52. The van der Waals surface area contributed by atoms with Crippen molar-refractivity contribution in [2.45, 2.75) is 12.8 Å². The SMILES string of the molecule is COc1ccc2c(c1)CCc1cnc(=O)[nH]c1-2. The number of nitrogens with zero attached hydrogens (tertiary/aromatic N) is 1. The van der Waals surface area contributed by atoms with Gasteiger partial charge in [-0.05, 0) is 42.2 Å². The molecule has 0 atom stereocenters. The maximum atomic E-state index is 11.3. The first-order chi connectivity index (χ1) is 8.28. The molecule has 0 saturated heterocycles. The van der Waals surface area contributed by atoms with Gasteiger partial charge in [-0.3, -0.25) is 0 Å². The second-order valence-corrected chi connectivity index (χ2v) is 4.11. The number of benzene rings is 1. The second-order valence-electron chi connectivity index (χ2n) is 4.11. The Kier molecular flexibility index (Phi) is 2.21. The van der Waals surface area contributed by atoms with Gasteiger partial charge in [0.2, 0.25) is 0 Å². The number of hydrogen-bond donors (Lipinski definition) is 1. The monoisotopic (exact) mass is 228 g/mol. The molecular weight excluding hydrogens is 216 g/mol. The predicted molar refractivity (Wildman–Crippen MR) is 64.3 cm³/mol. The highest BCUT2D eigenvalue weighted by atomic mass is 16.5. The van der Waals surface area contributed by atoms with E-state index in [1.165, 1.54) is 5.56 Å². The fourth-order valence-electron chi connectivity index (χ4n) is 2.27. The van der Waals surface area contributed by atoms with Crippen LogP contribution >= 0.6 is 0 Å². The normalized spacial score (nSPS) is 12.8. The van der Waals surface area contributed by atoms with Crippen molar-refractivity contribution in [3.8, 4) is 17.0 Å². The van der Waals surface area contributed by atoms with Crippen LogP contribution in [0.5, 0.6) is 5.75 Å². The third-order valence-electron chi connectivity index (χ3n) is 3.14. The van der Waals surface area contributed by atoms with Crippen LogP contribution in [0.2, 0.25) is 0 Å². The van der Waals surface area contributed by atoms with Crippen LogP contribution in [-0.2, 0) is 12.8 Å². The second kappa shape index (κ2) is 3.73. The third-order valence-corrected chi connectivity index (χ3v) is 3.14. The van der Waals surface area contributed by atoms with Crippen LogP contribution in [0.25, 0.3) is 11.3 Å². The number of aromatic nitrogens is 2. The van der Waals surface area contributed by atoms with Crippen LogP contribution in [0.3, 0.4) is 0 Å². The number of nitrogens with one attached hydrogen (secondary N) is 1. The van der Waals surface area contributed by atoms with Crippen molar-refractivity contribution in [1.29, 1.82) is 0 Å². The molecule has 1 aromatic carbocycles. The Morgan fingerprint density at radius 1 is 1.29 bits per heavy atom. The van der Waals surface area contributed by atoms with Crippen LogP contribution in [0.15, 0.2) is 29.2 Å². The summed E-state index contributed by atoms with van der Waals surface area (Å²) in [5.74, 6) is 0.851. The first-order valence-corrected chi connectivity index (χ1v) is 5.53. The van der Waals surface area contributed by atoms with Crippen molar-refractivity contribution in [2.24, 2.45) is 0 Å². The van der Waals surface area contributed by atoms with Crippen LogP contribution in [0, 0.1) is 0 Å². The highest BCUT2D eigenvalue weighted by Gasteiger charge is 2.17. The molecule has 0 amide bonds. The van der Waals surface area contributed by atoms with E-state index in [2.05, 4.69) is 9.97 Å². The average Bonchev–Trinajstić information content (AvgIpc) is 2.37. The Balaban J connectivity index is 2.22. The standard InChI is InChI=1S/C13H12N2O2/c1-17-10-4-5-11-8(6-10)2-3-9-7-14-13(16)15-12(9)11/h4-7H,2-3H2,1H3,(H,14,15,16). The van der Waals surface area contributed by atoms with Crippen molar-refractivity contribution >= 4 is 0 Å². The summed E-state index contributed by atoms with van der Waals surface area (Å²) >= 11 is 0. The van der Waals surface area contributed by atoms with Crippen LogP contribution in [0.1, 0.15) is 11.1 Å². The van der Waals surface area contributed by atoms with E-state index in [0.717, 1.165) is 35.4 Å². The molecule has 0 saturated carbocycles. The van der Waals surface area contributed by atoms with Gasteiger partial charge in [0.15, 0.2) is 0 Å². The molecule has 4 nitrogen and oxygen atoms in total. The zero-order valence-electron chi connectivity index (χ0n) is 9.49. The summed E-state index contributed by atoms with van der Waals surface area (Å²) < 4.78 is 5.21. The highest BCUT2D eigenvalue weighted by Crippen LogP contribution is 2.32. The highest BCUT2D eigenvalue weighted by molar-refractivity contribution is 5.69. The zero-order chi connectivity index (χ0) is 11.8. The van der Waals surface area contributed by atoms with Gasteiger partial charge < -0.3 is 9.72 Å². The summed E-state index contributed by atoms with van der Waals surface area (Å²) in [7, 11) is 1.66. The minimum Gasteiger partial charge on any atom is -0.497 e. The summed E-state index contributed by atoms with van der Waals surface area (Å²) in [5.41, 5.74) is 3.98. The Hall–Kier alpha value is -2.10. The molecule has 86 valence electrons. The molecule has 1 N–H and O–H groups in total. The van der Waals surface area contributed by atoms with E-state index in [0.29, 0.717) is 0 Å². The van der Waals surface area contributed by atoms with Crippen LogP contribution < -0.4 is 10.4 Å². The lowest BCUT2D eigenvalue weighted by Crippen LogP contribution is -2.16. The molecule has 3 rings (SSSR count). The van der Waals surface area contributed by atoms with Crippen molar-refractivity contribution in [3.63, 3.8) is 0 Å². The van der Waals surface area contributed by atoms with E-state index in [-0.39, 0.29) is 5.69 Å². The van der Waals surface area contributed by atoms with Crippen LogP contribution in [0.4, 0.5) is 0 Å². The molecule has 1 aromatic heterocycles. The molecule has 0 unspecified atom stereocenters. The molecule has 1 aliphatic carbocycles. The minimum atomic E-state index is -0.299. The third kappa shape index (κ3) is 1.62. The molecule has 0 aliphatic heterocycles. The maximum absolute atomic E-state index is 11.3. The molecule has 1 aliphatic rings. The number of aryl methyl sites for hydroxylation is 2. The molecule has 2 aromatic rings. The molecule has 4 heteroatoms. The Labute approximate surface area is 98.3 Å². The fraction of sp³-hybridized carbons (Fsp3) is 0.231. The van der Waals surface area contributed by atoms with Gasteiger partial charge in [0.05, 0.1) is 12.8 Å². The number of methoxy groups -OCH3 is 1. The van der Waals surface area contributed by atoms with Gasteiger partial charge in [0.1, 0.15) is 5.75 Å². The molecule has 0 radical (unpaired) electrons. The number of rotatable bonds is 1. The van der Waals surface area contributed by atoms with Crippen molar-refractivity contribution in [2.75, 3.05) is 7.11 Å². The first kappa shape index (κ1) is 10.1. The quantitative estimate of drug-likeness (QED) is 0.805. The van der Waals surface area contributed by atoms with Gasteiger partial charge in [-0.1, -0.05) is 0 Å². The molecule has 0 bridgehead atoms. The molecule has 1 heterocycles. The topological polar surface area (TPSA) is 55.0 Å². The van der Waals surface area contributed by atoms with E-state index in [1.807, 2.05) is 18.2 Å². The van der Waals surface area contributed by atoms with E-state index < -0.39 is 0 Å². The lowest BCUT2D eigenvalue weighted by Gasteiger charge is -2.19. The van der Waals surface area contributed by atoms with Crippen molar-refractivity contribution in [1.82, 2.24) is 9.97 Å². The zero-order valence-corrected chi connectivity index (χ0v) is 9.49. The summed E-state index contributed by atoms with van der Waals surface area (Å²) in [6, 6.07) is 5.92. The van der Waals surface area contributed by atoms with E-state index in [9.17, 15) is 4.79 Å². The van der Waals surface area contributed by atoms with Crippen molar-refractivity contribution in [3.05, 3.63) is 46.0 Å². The maximum Gasteiger partial charge on any atom is 0.345 e. The smallest absolute Gasteiger partial charge is 0.345 e. The fourth-order valence-corrected chi connectivity index (χ4v) is 2.27. The largest absolute Gasteiger partial charge is 0.497 e. The Morgan fingerprint density at radius 3 is 2.94 bits per heavy atom. The molecule has 0 fully saturated rings. The van der Waals surface area contributed by atoms with Gasteiger partial charge in [-0.15, -0.1) is 0 Å². The number of ether oxygens (including phenoxy) is 1. The molecule has 17 heavy (non-hydrogen) atoms. The predicted octanol–water partition coefficient (Wildman–Crippen LogP) is 1.54. The first-order valence-electron chi connectivity index (χ1n) is 5.53. The van der Waals surface area contributed by atoms with Crippen molar-refractivity contribution < 1.29 is 4.74 Å².